The summed E-state index contributed by atoms with van der Waals surface area (Å²) in [4.78, 5) is 12.6. The van der Waals surface area contributed by atoms with E-state index in [1.165, 1.54) is 24.3 Å². The van der Waals surface area contributed by atoms with E-state index in [9.17, 15) is 9.18 Å². The first-order valence-electron chi connectivity index (χ1n) is 9.60. The number of ether oxygens (including phenoxy) is 3. The van der Waals surface area contributed by atoms with Gasteiger partial charge in [-0.05, 0) is 69.2 Å². The highest BCUT2D eigenvalue weighted by Gasteiger charge is 2.21. The average Bonchev–Trinajstić information content (AvgIpc) is 2.69. The van der Waals surface area contributed by atoms with Crippen molar-refractivity contribution in [1.29, 1.82) is 0 Å². The van der Waals surface area contributed by atoms with E-state index in [1.807, 2.05) is 45.9 Å². The van der Waals surface area contributed by atoms with Gasteiger partial charge in [0.25, 0.3) is 5.91 Å². The van der Waals surface area contributed by atoms with Gasteiger partial charge in [0.15, 0.2) is 17.6 Å². The van der Waals surface area contributed by atoms with Crippen LogP contribution in [0.15, 0.2) is 42.5 Å². The fourth-order valence-corrected chi connectivity index (χ4v) is 2.73. The lowest BCUT2D eigenvalue weighted by Crippen LogP contribution is -2.39. The van der Waals surface area contributed by atoms with Gasteiger partial charge in [-0.15, -0.1) is 0 Å². The fourth-order valence-electron chi connectivity index (χ4n) is 2.73. The predicted molar refractivity (Wildman–Crippen MR) is 106 cm³/mol. The Morgan fingerprint density at radius 1 is 1.00 bits per heavy atom. The molecular weight excluding hydrogens is 361 g/mol. The number of rotatable bonds is 10. The molecule has 28 heavy (non-hydrogen) atoms. The first-order chi connectivity index (χ1) is 13.5. The van der Waals surface area contributed by atoms with Crippen LogP contribution >= 0.6 is 0 Å². The van der Waals surface area contributed by atoms with Gasteiger partial charge in [-0.25, -0.2) is 4.39 Å². The zero-order valence-corrected chi connectivity index (χ0v) is 16.8. The Hall–Kier alpha value is -2.76. The molecule has 1 N–H and O–H groups in total. The summed E-state index contributed by atoms with van der Waals surface area (Å²) in [6.07, 6.45) is -0.175. The van der Waals surface area contributed by atoms with E-state index >= 15 is 0 Å². The molecule has 0 heterocycles. The molecule has 2 unspecified atom stereocenters. The van der Waals surface area contributed by atoms with Gasteiger partial charge in [0.1, 0.15) is 11.6 Å². The molecule has 1 amide bonds. The first-order valence-corrected chi connectivity index (χ1v) is 9.60. The maximum atomic E-state index is 13.0. The normalized spacial score (nSPS) is 12.8. The Balaban J connectivity index is 2.06. The van der Waals surface area contributed by atoms with Crippen LogP contribution in [0.3, 0.4) is 0 Å². The molecule has 6 heteroatoms. The topological polar surface area (TPSA) is 56.8 Å². The third-order valence-electron chi connectivity index (χ3n) is 4.18. The Kier molecular flexibility index (Phi) is 8.11. The summed E-state index contributed by atoms with van der Waals surface area (Å²) in [6.45, 7) is 8.65. The van der Waals surface area contributed by atoms with E-state index in [0.29, 0.717) is 36.9 Å². The lowest BCUT2D eigenvalue weighted by Gasteiger charge is -2.21. The predicted octanol–water partition coefficient (Wildman–Crippen LogP) is 4.66. The molecule has 0 saturated heterocycles. The monoisotopic (exact) mass is 389 g/mol. The fraction of sp³-hybridized carbons (Fsp3) is 0.409. The lowest BCUT2D eigenvalue weighted by molar-refractivity contribution is -0.128. The summed E-state index contributed by atoms with van der Waals surface area (Å²) in [7, 11) is 0. The van der Waals surface area contributed by atoms with Gasteiger partial charge in [0, 0.05) is 0 Å². The largest absolute Gasteiger partial charge is 0.490 e. The van der Waals surface area contributed by atoms with Gasteiger partial charge in [0.05, 0.1) is 19.3 Å². The molecule has 0 aliphatic rings. The number of nitrogens with one attached hydrogen (secondary N) is 1. The van der Waals surface area contributed by atoms with Gasteiger partial charge >= 0.3 is 0 Å². The van der Waals surface area contributed by atoms with Crippen LogP contribution in [0.25, 0.3) is 0 Å². The van der Waals surface area contributed by atoms with Crippen LogP contribution in [0.5, 0.6) is 17.2 Å². The molecule has 5 nitrogen and oxygen atoms in total. The van der Waals surface area contributed by atoms with Crippen molar-refractivity contribution in [1.82, 2.24) is 5.32 Å². The summed E-state index contributed by atoms with van der Waals surface area (Å²) in [5.74, 6) is 1.20. The second kappa shape index (κ2) is 10.5. The highest BCUT2D eigenvalue weighted by Crippen LogP contribution is 2.30. The van der Waals surface area contributed by atoms with Crippen LogP contribution < -0.4 is 19.5 Å². The van der Waals surface area contributed by atoms with Crippen molar-refractivity contribution < 1.29 is 23.4 Å². The van der Waals surface area contributed by atoms with E-state index in [-0.39, 0.29) is 17.8 Å². The van der Waals surface area contributed by atoms with Gasteiger partial charge in [-0.3, -0.25) is 4.79 Å². The summed E-state index contributed by atoms with van der Waals surface area (Å²) in [5.41, 5.74) is 0.900. The molecule has 0 aliphatic carbocycles. The third kappa shape index (κ3) is 5.87. The number of carbonyl (C=O) groups excluding carboxylic acids is 1. The van der Waals surface area contributed by atoms with E-state index in [1.54, 1.807) is 0 Å². The summed E-state index contributed by atoms with van der Waals surface area (Å²) < 4.78 is 30.0. The van der Waals surface area contributed by atoms with Crippen molar-refractivity contribution in [2.75, 3.05) is 13.2 Å². The SMILES string of the molecule is CCOc1ccc(C(C)NC(=O)C(CC)Oc2ccc(F)cc2)cc1OCC. The van der Waals surface area contributed by atoms with Crippen LogP contribution in [-0.4, -0.2) is 25.2 Å². The minimum Gasteiger partial charge on any atom is -0.490 e. The van der Waals surface area contributed by atoms with Gasteiger partial charge in [0.2, 0.25) is 0 Å². The van der Waals surface area contributed by atoms with E-state index in [4.69, 9.17) is 14.2 Å². The molecule has 2 aromatic rings. The molecule has 0 aliphatic heterocycles. The highest BCUT2D eigenvalue weighted by molar-refractivity contribution is 5.81. The van der Waals surface area contributed by atoms with Crippen LogP contribution in [0, 0.1) is 5.82 Å². The Morgan fingerprint density at radius 3 is 2.25 bits per heavy atom. The number of hydrogen-bond acceptors (Lipinski definition) is 4. The third-order valence-corrected chi connectivity index (χ3v) is 4.18. The van der Waals surface area contributed by atoms with Crippen LogP contribution in [-0.2, 0) is 4.79 Å². The maximum Gasteiger partial charge on any atom is 0.261 e. The van der Waals surface area contributed by atoms with E-state index in [0.717, 1.165) is 5.56 Å². The zero-order chi connectivity index (χ0) is 20.5. The van der Waals surface area contributed by atoms with Crippen LogP contribution in [0.1, 0.15) is 45.7 Å². The van der Waals surface area contributed by atoms with Gasteiger partial charge < -0.3 is 19.5 Å². The molecular formula is C22H28FNO4. The van der Waals surface area contributed by atoms with Crippen molar-refractivity contribution >= 4 is 5.91 Å². The summed E-state index contributed by atoms with van der Waals surface area (Å²) >= 11 is 0. The molecule has 0 spiro atoms. The second-order valence-electron chi connectivity index (χ2n) is 6.27. The number of carbonyl (C=O) groups is 1. The molecule has 2 aromatic carbocycles. The lowest BCUT2D eigenvalue weighted by atomic mass is 10.1. The highest BCUT2D eigenvalue weighted by atomic mass is 19.1. The Morgan fingerprint density at radius 2 is 1.64 bits per heavy atom. The Labute approximate surface area is 165 Å². The van der Waals surface area contributed by atoms with Gasteiger partial charge in [-0.1, -0.05) is 13.0 Å². The van der Waals surface area contributed by atoms with E-state index in [2.05, 4.69) is 5.32 Å². The van der Waals surface area contributed by atoms with Crippen molar-refractivity contribution in [2.45, 2.75) is 46.3 Å². The first kappa shape index (κ1) is 21.5. The molecule has 0 saturated carbocycles. The van der Waals surface area contributed by atoms with Crippen molar-refractivity contribution in [3.8, 4) is 17.2 Å². The summed E-state index contributed by atoms with van der Waals surface area (Å²) in [5, 5.41) is 2.97. The minimum atomic E-state index is -0.665. The van der Waals surface area contributed by atoms with Crippen molar-refractivity contribution in [2.24, 2.45) is 0 Å². The molecule has 152 valence electrons. The Bertz CT molecular complexity index is 764. The molecule has 0 radical (unpaired) electrons. The smallest absolute Gasteiger partial charge is 0.261 e. The zero-order valence-electron chi connectivity index (χ0n) is 16.8. The number of halogens is 1. The molecule has 0 fully saturated rings. The second-order valence-corrected chi connectivity index (χ2v) is 6.27. The molecule has 2 atom stereocenters. The minimum absolute atomic E-state index is 0.230. The standard InChI is InChI=1S/C22H28FNO4/c1-5-19(28-18-11-9-17(23)10-12-18)22(25)24-15(4)16-8-13-20(26-6-2)21(14-16)27-7-3/h8-15,19H,5-7H2,1-4H3,(H,24,25). The average molecular weight is 389 g/mol. The van der Waals surface area contributed by atoms with Crippen molar-refractivity contribution in [3.63, 3.8) is 0 Å². The van der Waals surface area contributed by atoms with Crippen LogP contribution in [0.2, 0.25) is 0 Å². The summed E-state index contributed by atoms with van der Waals surface area (Å²) in [6, 6.07) is 11.0. The number of hydrogen-bond donors (Lipinski definition) is 1. The molecule has 0 aromatic heterocycles. The maximum absolute atomic E-state index is 13.0. The number of amides is 1. The quantitative estimate of drug-likeness (QED) is 0.642. The molecule has 2 rings (SSSR count). The number of benzene rings is 2. The van der Waals surface area contributed by atoms with E-state index < -0.39 is 6.10 Å². The molecule has 0 bridgehead atoms. The van der Waals surface area contributed by atoms with Crippen molar-refractivity contribution in [3.05, 3.63) is 53.8 Å². The van der Waals surface area contributed by atoms with Gasteiger partial charge in [-0.2, -0.15) is 0 Å². The van der Waals surface area contributed by atoms with Crippen LogP contribution in [0.4, 0.5) is 4.39 Å².